The van der Waals surface area contributed by atoms with Gasteiger partial charge in [0.15, 0.2) is 0 Å². The molecule has 0 atom stereocenters. The molecule has 1 N–H and O–H groups in total. The predicted molar refractivity (Wildman–Crippen MR) is 22.5 cm³/mol. The van der Waals surface area contributed by atoms with Crippen molar-refractivity contribution < 1.29 is 29.4 Å². The summed E-state index contributed by atoms with van der Waals surface area (Å²) in [5.74, 6) is -0.711. The Hall–Kier alpha value is 0.0934. The van der Waals surface area contributed by atoms with E-state index in [9.17, 15) is 4.79 Å². The van der Waals surface area contributed by atoms with Gasteiger partial charge in [-0.1, -0.05) is 6.92 Å². The molecule has 0 aliphatic rings. The van der Waals surface area contributed by atoms with Crippen LogP contribution in [0.3, 0.4) is 0 Å². The zero-order valence-electron chi connectivity index (χ0n) is 4.10. The molecule has 0 unspecified atom stereocenters. The smallest absolute Gasteiger partial charge is 0.481 e. The summed E-state index contributed by atoms with van der Waals surface area (Å²) in [6, 6.07) is 0. The monoisotopic (exact) mass is 191 g/mol. The van der Waals surface area contributed by atoms with Crippen molar-refractivity contribution in [2.45, 2.75) is 19.8 Å². The molecule has 0 heterocycles. The van der Waals surface area contributed by atoms with Gasteiger partial charge < -0.3 is 5.11 Å². The summed E-state index contributed by atoms with van der Waals surface area (Å²) >= 11 is 0. The van der Waals surface area contributed by atoms with Gasteiger partial charge in [0.05, 0.1) is 0 Å². The van der Waals surface area contributed by atoms with Crippen LogP contribution in [-0.2, 0) is 24.3 Å². The van der Waals surface area contributed by atoms with Crippen LogP contribution >= 0.6 is 0 Å². The summed E-state index contributed by atoms with van der Waals surface area (Å²) < 4.78 is 0. The van der Waals surface area contributed by atoms with E-state index in [1.807, 2.05) is 6.92 Å². The van der Waals surface area contributed by atoms with Crippen LogP contribution in [0.5, 0.6) is 0 Å². The van der Waals surface area contributed by atoms with Crippen molar-refractivity contribution >= 4 is 5.97 Å². The third-order valence-corrected chi connectivity index (χ3v) is 0.464. The first-order chi connectivity index (χ1) is 2.77. The maximum atomic E-state index is 9.60. The molecular weight excluding hydrogens is 183 g/mol. The van der Waals surface area contributed by atoms with Gasteiger partial charge in [-0.2, -0.15) is 0 Å². The molecule has 0 amide bonds. The number of aliphatic carboxylic acids is 1. The minimum absolute atomic E-state index is 0. The first-order valence-corrected chi connectivity index (χ1v) is 1.99. The Morgan fingerprint density at radius 1 is 1.71 bits per heavy atom. The third-order valence-electron chi connectivity index (χ3n) is 0.464. The Kier molecular flexibility index (Phi) is 8.84. The van der Waals surface area contributed by atoms with Gasteiger partial charge in [0.25, 0.3) is 0 Å². The summed E-state index contributed by atoms with van der Waals surface area (Å²) in [4.78, 5) is 9.60. The van der Waals surface area contributed by atoms with E-state index in [0.29, 0.717) is 6.42 Å². The van der Waals surface area contributed by atoms with E-state index < -0.39 is 5.97 Å². The van der Waals surface area contributed by atoms with Crippen LogP contribution in [0.25, 0.3) is 0 Å². The molecular formula is C4H8O2Rh+2. The van der Waals surface area contributed by atoms with Gasteiger partial charge in [0.1, 0.15) is 0 Å². The molecule has 0 bridgehead atoms. The molecule has 3 heteroatoms. The predicted octanol–water partition coefficient (Wildman–Crippen LogP) is 0.869. The van der Waals surface area contributed by atoms with Gasteiger partial charge in [-0.15, -0.1) is 0 Å². The van der Waals surface area contributed by atoms with Crippen molar-refractivity contribution in [3.8, 4) is 0 Å². The first-order valence-electron chi connectivity index (χ1n) is 1.99. The number of rotatable bonds is 2. The van der Waals surface area contributed by atoms with E-state index in [0.717, 1.165) is 6.42 Å². The topological polar surface area (TPSA) is 37.3 Å². The second-order valence-corrected chi connectivity index (χ2v) is 1.14. The average Bonchev–Trinajstić information content (AvgIpc) is 1.35. The van der Waals surface area contributed by atoms with Crippen LogP contribution in [-0.4, -0.2) is 11.1 Å². The van der Waals surface area contributed by atoms with E-state index in [1.54, 1.807) is 0 Å². The number of carboxylic acids is 1. The van der Waals surface area contributed by atoms with Gasteiger partial charge in [-0.05, 0) is 6.42 Å². The average molecular weight is 191 g/mol. The molecule has 2 nitrogen and oxygen atoms in total. The number of carbonyl (C=O) groups is 1. The van der Waals surface area contributed by atoms with Crippen LogP contribution in [0.1, 0.15) is 19.8 Å². The molecule has 0 saturated carbocycles. The molecule has 0 aliphatic heterocycles. The van der Waals surface area contributed by atoms with E-state index in [4.69, 9.17) is 5.11 Å². The van der Waals surface area contributed by atoms with Crippen molar-refractivity contribution in [3.05, 3.63) is 0 Å². The Bertz CT molecular complexity index is 53.7. The van der Waals surface area contributed by atoms with Gasteiger partial charge in [0.2, 0.25) is 0 Å². The Morgan fingerprint density at radius 3 is 2.14 bits per heavy atom. The summed E-state index contributed by atoms with van der Waals surface area (Å²) in [5, 5.41) is 7.91. The fourth-order valence-corrected chi connectivity index (χ4v) is 0.214. The second kappa shape index (κ2) is 6.09. The summed E-state index contributed by atoms with van der Waals surface area (Å²) in [6.07, 6.45) is 1.02. The maximum Gasteiger partial charge on any atom is 2.00 e. The second-order valence-electron chi connectivity index (χ2n) is 1.14. The van der Waals surface area contributed by atoms with Crippen molar-refractivity contribution in [2.75, 3.05) is 0 Å². The fourth-order valence-electron chi connectivity index (χ4n) is 0.214. The molecule has 0 fully saturated rings. The summed E-state index contributed by atoms with van der Waals surface area (Å²) in [7, 11) is 0. The molecule has 0 saturated heterocycles. The zero-order chi connectivity index (χ0) is 4.99. The van der Waals surface area contributed by atoms with Crippen LogP contribution < -0.4 is 0 Å². The minimum atomic E-state index is -0.711. The molecule has 7 heavy (non-hydrogen) atoms. The number of hydrogen-bond acceptors (Lipinski definition) is 1. The van der Waals surface area contributed by atoms with E-state index in [2.05, 4.69) is 0 Å². The molecule has 0 aromatic carbocycles. The minimum Gasteiger partial charge on any atom is -0.481 e. The van der Waals surface area contributed by atoms with Crippen LogP contribution in [0.15, 0.2) is 0 Å². The van der Waals surface area contributed by atoms with Crippen molar-refractivity contribution in [1.29, 1.82) is 0 Å². The standard InChI is InChI=1S/C4H8O2.Rh/c1-2-3-4(5)6;/h2-3H2,1H3,(H,5,6);/q;+2. The van der Waals surface area contributed by atoms with Crippen molar-refractivity contribution in [1.82, 2.24) is 0 Å². The van der Waals surface area contributed by atoms with Gasteiger partial charge in [0, 0.05) is 6.42 Å². The van der Waals surface area contributed by atoms with Crippen molar-refractivity contribution in [2.24, 2.45) is 0 Å². The molecule has 0 aromatic heterocycles. The Balaban J connectivity index is 0. The molecule has 0 spiro atoms. The summed E-state index contributed by atoms with van der Waals surface area (Å²) in [5.41, 5.74) is 0. The Labute approximate surface area is 55.7 Å². The normalized spacial score (nSPS) is 7.00. The molecule has 0 aliphatic carbocycles. The summed E-state index contributed by atoms with van der Waals surface area (Å²) in [6.45, 7) is 1.84. The molecule has 0 aromatic rings. The largest absolute Gasteiger partial charge is 2.00 e. The first kappa shape index (κ1) is 10.2. The van der Waals surface area contributed by atoms with E-state index in [1.165, 1.54) is 0 Å². The van der Waals surface area contributed by atoms with E-state index >= 15 is 0 Å². The molecule has 43 valence electrons. The fraction of sp³-hybridized carbons (Fsp3) is 0.750. The quantitative estimate of drug-likeness (QED) is 0.657. The third kappa shape index (κ3) is 10.7. The van der Waals surface area contributed by atoms with Crippen LogP contribution in [0, 0.1) is 0 Å². The van der Waals surface area contributed by atoms with Crippen molar-refractivity contribution in [3.63, 3.8) is 0 Å². The Morgan fingerprint density at radius 2 is 2.14 bits per heavy atom. The van der Waals surface area contributed by atoms with Gasteiger partial charge >= 0.3 is 25.4 Å². The maximum absolute atomic E-state index is 9.60. The van der Waals surface area contributed by atoms with E-state index in [-0.39, 0.29) is 19.5 Å². The van der Waals surface area contributed by atoms with Crippen LogP contribution in [0.2, 0.25) is 0 Å². The van der Waals surface area contributed by atoms with Crippen LogP contribution in [0.4, 0.5) is 0 Å². The zero-order valence-corrected chi connectivity index (χ0v) is 5.74. The van der Waals surface area contributed by atoms with Gasteiger partial charge in [-0.25, -0.2) is 0 Å². The molecule has 0 rings (SSSR count). The SMILES string of the molecule is CCCC(=O)O.[Rh+2]. The van der Waals surface area contributed by atoms with Gasteiger partial charge in [-0.3, -0.25) is 4.79 Å². The number of carboxylic acid groups (broad SMARTS) is 1. The molecule has 1 radical (unpaired) electrons. The number of hydrogen-bond donors (Lipinski definition) is 1.